The lowest BCUT2D eigenvalue weighted by Crippen LogP contribution is -2.45. The fraction of sp³-hybridized carbons (Fsp3) is 0.909. The van der Waals surface area contributed by atoms with E-state index in [2.05, 4.69) is 43.5 Å². The number of aliphatic hydroxyl groups excluding tert-OH is 2. The van der Waals surface area contributed by atoms with Crippen LogP contribution in [-0.2, 0) is 14.3 Å². The summed E-state index contributed by atoms with van der Waals surface area (Å²) in [4.78, 5) is 24.5. The number of amides is 1. The van der Waals surface area contributed by atoms with E-state index in [-0.39, 0.29) is 18.5 Å². The van der Waals surface area contributed by atoms with Gasteiger partial charge in [-0.15, -0.1) is 0 Å². The molecule has 0 aliphatic rings. The Morgan fingerprint density at radius 2 is 0.694 bits per heavy atom. The molecule has 426 valence electrons. The van der Waals surface area contributed by atoms with E-state index in [0.717, 1.165) is 51.4 Å². The summed E-state index contributed by atoms with van der Waals surface area (Å²) < 4.78 is 5.49. The second-order valence-corrected chi connectivity index (χ2v) is 22.5. The smallest absolute Gasteiger partial charge is 0.305 e. The van der Waals surface area contributed by atoms with Crippen LogP contribution in [0.2, 0.25) is 0 Å². The van der Waals surface area contributed by atoms with E-state index in [4.69, 9.17) is 4.74 Å². The van der Waals surface area contributed by atoms with E-state index in [0.29, 0.717) is 25.9 Å². The van der Waals surface area contributed by atoms with Crippen molar-refractivity contribution in [2.24, 2.45) is 0 Å². The lowest BCUT2D eigenvalue weighted by atomic mass is 10.0. The Labute approximate surface area is 450 Å². The van der Waals surface area contributed by atoms with E-state index in [1.807, 2.05) is 0 Å². The summed E-state index contributed by atoms with van der Waals surface area (Å²) in [6.07, 6.45) is 76.5. The van der Waals surface area contributed by atoms with Gasteiger partial charge >= 0.3 is 5.97 Å². The van der Waals surface area contributed by atoms with Crippen LogP contribution in [0, 0.1) is 0 Å². The van der Waals surface area contributed by atoms with Crippen molar-refractivity contribution in [2.45, 2.75) is 373 Å². The number of hydrogen-bond donors (Lipinski definition) is 3. The molecule has 0 bridgehead atoms. The van der Waals surface area contributed by atoms with Gasteiger partial charge in [0.2, 0.25) is 5.91 Å². The first-order valence-electron chi connectivity index (χ1n) is 32.6. The minimum atomic E-state index is -0.659. The van der Waals surface area contributed by atoms with Gasteiger partial charge in [-0.25, -0.2) is 0 Å². The average Bonchev–Trinajstić information content (AvgIpc) is 3.38. The normalized spacial score (nSPS) is 12.7. The van der Waals surface area contributed by atoms with Gasteiger partial charge in [-0.1, -0.05) is 314 Å². The molecular weight excluding hydrogens is 887 g/mol. The molecule has 3 N–H and O–H groups in total. The summed E-state index contributed by atoms with van der Waals surface area (Å²) in [6, 6.07) is -0.536. The fourth-order valence-electron chi connectivity index (χ4n) is 10.3. The predicted molar refractivity (Wildman–Crippen MR) is 315 cm³/mol. The third-order valence-electron chi connectivity index (χ3n) is 15.3. The van der Waals surface area contributed by atoms with Crippen LogP contribution >= 0.6 is 0 Å². The Kier molecular flexibility index (Phi) is 60.5. The largest absolute Gasteiger partial charge is 0.466 e. The third-order valence-corrected chi connectivity index (χ3v) is 15.3. The molecule has 0 aromatic carbocycles. The molecular formula is C66H127NO5. The van der Waals surface area contributed by atoms with Crippen molar-refractivity contribution in [1.29, 1.82) is 0 Å². The van der Waals surface area contributed by atoms with Gasteiger partial charge in [0.25, 0.3) is 0 Å². The quantitative estimate of drug-likeness (QED) is 0.0320. The highest BCUT2D eigenvalue weighted by Gasteiger charge is 2.20. The number of nitrogens with one attached hydrogen (secondary N) is 1. The summed E-state index contributed by atoms with van der Waals surface area (Å²) in [5.74, 6) is -0.0255. The molecule has 0 saturated carbocycles. The van der Waals surface area contributed by atoms with Crippen molar-refractivity contribution in [3.63, 3.8) is 0 Å². The van der Waals surface area contributed by atoms with Gasteiger partial charge in [-0.2, -0.15) is 0 Å². The molecule has 1 amide bonds. The molecule has 6 heteroatoms. The highest BCUT2D eigenvalue weighted by Crippen LogP contribution is 2.18. The Hall–Kier alpha value is -1.66. The van der Waals surface area contributed by atoms with Crippen LogP contribution in [0.1, 0.15) is 361 Å². The molecule has 0 saturated heterocycles. The molecule has 6 nitrogen and oxygen atoms in total. The van der Waals surface area contributed by atoms with Gasteiger partial charge in [0.1, 0.15) is 0 Å². The highest BCUT2D eigenvalue weighted by atomic mass is 16.5. The lowest BCUT2D eigenvalue weighted by molar-refractivity contribution is -0.143. The van der Waals surface area contributed by atoms with Gasteiger partial charge in [-0.3, -0.25) is 9.59 Å². The number of carbonyl (C=O) groups excluding carboxylic acids is 2. The van der Waals surface area contributed by atoms with E-state index in [9.17, 15) is 19.8 Å². The molecule has 0 aliphatic heterocycles. The van der Waals surface area contributed by atoms with E-state index in [1.165, 1.54) is 276 Å². The summed E-state index contributed by atoms with van der Waals surface area (Å²) >= 11 is 0. The van der Waals surface area contributed by atoms with E-state index in [1.54, 1.807) is 0 Å². The Balaban J connectivity index is 3.31. The van der Waals surface area contributed by atoms with Gasteiger partial charge in [0.15, 0.2) is 0 Å². The molecule has 72 heavy (non-hydrogen) atoms. The first-order chi connectivity index (χ1) is 35.5. The summed E-state index contributed by atoms with van der Waals surface area (Å²) in [5, 5.41) is 23.2. The zero-order valence-electron chi connectivity index (χ0n) is 48.7. The molecule has 0 radical (unpaired) electrons. The SMILES string of the molecule is CCCCCC/C=C\C/C=C\CCCCCCCC(=O)OCCCCCCCCCCCCCCCCCCCCCCCCCCCCCCCC(=O)NC(CO)C(O)CCCCCCCCCCCC. The zero-order valence-corrected chi connectivity index (χ0v) is 48.7. The fourth-order valence-corrected chi connectivity index (χ4v) is 10.3. The van der Waals surface area contributed by atoms with E-state index >= 15 is 0 Å². The van der Waals surface area contributed by atoms with Gasteiger partial charge in [-0.05, 0) is 57.8 Å². The van der Waals surface area contributed by atoms with Crippen LogP contribution in [0.3, 0.4) is 0 Å². The van der Waals surface area contributed by atoms with Crippen molar-refractivity contribution in [2.75, 3.05) is 13.2 Å². The Morgan fingerprint density at radius 3 is 1.07 bits per heavy atom. The topological polar surface area (TPSA) is 95.9 Å². The van der Waals surface area contributed by atoms with Crippen LogP contribution in [0.25, 0.3) is 0 Å². The monoisotopic (exact) mass is 1010 g/mol. The Morgan fingerprint density at radius 1 is 0.389 bits per heavy atom. The van der Waals surface area contributed by atoms with Crippen LogP contribution in [-0.4, -0.2) is 47.4 Å². The average molecular weight is 1010 g/mol. The first-order valence-corrected chi connectivity index (χ1v) is 32.6. The molecule has 0 fully saturated rings. The molecule has 0 spiro atoms. The number of rotatable bonds is 61. The number of ether oxygens (including phenoxy) is 1. The number of unbranched alkanes of at least 4 members (excludes halogenated alkanes) is 46. The minimum absolute atomic E-state index is 0.00626. The first kappa shape index (κ1) is 70.3. The van der Waals surface area contributed by atoms with Crippen LogP contribution < -0.4 is 5.32 Å². The van der Waals surface area contributed by atoms with Gasteiger partial charge in [0.05, 0.1) is 25.4 Å². The van der Waals surface area contributed by atoms with Crippen LogP contribution in [0.4, 0.5) is 0 Å². The number of carbonyl (C=O) groups is 2. The standard InChI is InChI=1S/C66H127NO5/c1-3-5-7-9-11-13-15-16-17-34-37-40-44-48-52-56-60-66(71)72-61-57-53-49-45-41-38-35-32-30-28-26-24-22-20-18-19-21-23-25-27-29-31-33-36-39-43-47-51-55-59-65(70)67-63(62-68)64(69)58-54-50-46-42-14-12-10-8-6-4-2/h13,15,17,34,63-64,68-69H,3-12,14,16,18-33,35-62H2,1-2H3,(H,67,70)/b15-13-,34-17-. The minimum Gasteiger partial charge on any atom is -0.466 e. The number of aliphatic hydroxyl groups is 2. The second kappa shape index (κ2) is 61.9. The molecule has 0 rings (SSSR count). The van der Waals surface area contributed by atoms with Crippen molar-refractivity contribution in [3.8, 4) is 0 Å². The summed E-state index contributed by atoms with van der Waals surface area (Å²) in [5.41, 5.74) is 0. The Bertz CT molecular complexity index is 1120. The van der Waals surface area contributed by atoms with Crippen molar-refractivity contribution >= 4 is 11.9 Å². The molecule has 2 atom stereocenters. The number of hydrogen-bond acceptors (Lipinski definition) is 5. The van der Waals surface area contributed by atoms with Gasteiger partial charge in [0, 0.05) is 12.8 Å². The molecule has 2 unspecified atom stereocenters. The van der Waals surface area contributed by atoms with E-state index < -0.39 is 12.1 Å². The summed E-state index contributed by atoms with van der Waals surface area (Å²) in [7, 11) is 0. The lowest BCUT2D eigenvalue weighted by Gasteiger charge is -2.22. The maximum absolute atomic E-state index is 12.4. The second-order valence-electron chi connectivity index (χ2n) is 22.5. The van der Waals surface area contributed by atoms with Crippen LogP contribution in [0.5, 0.6) is 0 Å². The third kappa shape index (κ3) is 57.6. The molecule has 0 aromatic rings. The van der Waals surface area contributed by atoms with Crippen molar-refractivity contribution < 1.29 is 24.5 Å². The molecule has 0 aliphatic carbocycles. The van der Waals surface area contributed by atoms with Crippen molar-refractivity contribution in [3.05, 3.63) is 24.3 Å². The number of esters is 1. The predicted octanol–water partition coefficient (Wildman–Crippen LogP) is 20.6. The van der Waals surface area contributed by atoms with Gasteiger partial charge < -0.3 is 20.3 Å². The zero-order chi connectivity index (χ0) is 52.2. The van der Waals surface area contributed by atoms with Crippen molar-refractivity contribution in [1.82, 2.24) is 5.32 Å². The highest BCUT2D eigenvalue weighted by molar-refractivity contribution is 5.76. The maximum Gasteiger partial charge on any atom is 0.305 e. The molecule has 0 aromatic heterocycles. The maximum atomic E-state index is 12.4. The van der Waals surface area contributed by atoms with Crippen LogP contribution in [0.15, 0.2) is 24.3 Å². The summed E-state index contributed by atoms with van der Waals surface area (Å²) in [6.45, 7) is 4.94. The number of allylic oxidation sites excluding steroid dienone is 4. The molecule has 0 heterocycles.